The van der Waals surface area contributed by atoms with E-state index in [4.69, 9.17) is 5.73 Å². The van der Waals surface area contributed by atoms with E-state index in [2.05, 4.69) is 20.4 Å². The molecule has 4 N–H and O–H groups in total. The summed E-state index contributed by atoms with van der Waals surface area (Å²) in [6, 6.07) is -0.165. The van der Waals surface area contributed by atoms with Crippen LogP contribution in [0.3, 0.4) is 0 Å². The van der Waals surface area contributed by atoms with Crippen molar-refractivity contribution in [2.24, 2.45) is 0 Å². The lowest BCUT2D eigenvalue weighted by Crippen LogP contribution is -2.31. The summed E-state index contributed by atoms with van der Waals surface area (Å²) in [5.74, 6) is 0.497. The van der Waals surface area contributed by atoms with Crippen LogP contribution in [0, 0.1) is 0 Å². The molecule has 2 aromatic rings. The van der Waals surface area contributed by atoms with Gasteiger partial charge in [-0.3, -0.25) is 9.48 Å². The number of aryl methyl sites for hydroxylation is 1. The van der Waals surface area contributed by atoms with Gasteiger partial charge in [-0.2, -0.15) is 5.10 Å². The molecule has 1 atom stereocenters. The Kier molecular flexibility index (Phi) is 3.84. The summed E-state index contributed by atoms with van der Waals surface area (Å²) in [6.07, 6.45) is 5.62. The molecule has 0 spiro atoms. The fourth-order valence-electron chi connectivity index (χ4n) is 1.95. The summed E-state index contributed by atoms with van der Waals surface area (Å²) in [7, 11) is 0. The van der Waals surface area contributed by atoms with E-state index in [1.807, 2.05) is 13.8 Å². The summed E-state index contributed by atoms with van der Waals surface area (Å²) in [6.45, 7) is 4.48. The first kappa shape index (κ1) is 13.1. The van der Waals surface area contributed by atoms with Crippen LogP contribution in [0.2, 0.25) is 0 Å². The molecule has 0 saturated heterocycles. The van der Waals surface area contributed by atoms with Crippen molar-refractivity contribution in [3.63, 3.8) is 0 Å². The molecular formula is C12H18N6O. The summed E-state index contributed by atoms with van der Waals surface area (Å²) in [4.78, 5) is 19.4. The molecule has 0 aliphatic heterocycles. The Morgan fingerprint density at radius 2 is 2.37 bits per heavy atom. The Morgan fingerprint density at radius 1 is 1.58 bits per heavy atom. The van der Waals surface area contributed by atoms with E-state index in [0.29, 0.717) is 17.9 Å². The lowest BCUT2D eigenvalue weighted by atomic mass is 10.2. The van der Waals surface area contributed by atoms with Crippen LogP contribution in [0.4, 0.5) is 5.69 Å². The topological polar surface area (TPSA) is 102 Å². The fourth-order valence-corrected chi connectivity index (χ4v) is 1.95. The lowest BCUT2D eigenvalue weighted by Gasteiger charge is -2.15. The van der Waals surface area contributed by atoms with Gasteiger partial charge in [-0.1, -0.05) is 6.92 Å². The number of rotatable bonds is 5. The number of aromatic nitrogens is 4. The minimum absolute atomic E-state index is 0.165. The number of nitrogens with one attached hydrogen (secondary N) is 2. The largest absolute Gasteiger partial charge is 0.396 e. The third-order valence-corrected chi connectivity index (χ3v) is 2.95. The van der Waals surface area contributed by atoms with Crippen molar-refractivity contribution in [3.05, 3.63) is 30.1 Å². The zero-order chi connectivity index (χ0) is 13.8. The Bertz CT molecular complexity index is 545. The standard InChI is InChI=1S/C12H18N6O/c1-3-9(11-14-5-6-15-11)17-12(19)10-8(13)7-16-18(10)4-2/h5-7,9H,3-4,13H2,1-2H3,(H,14,15)(H,17,19). The number of carbonyl (C=O) groups is 1. The fraction of sp³-hybridized carbons (Fsp3) is 0.417. The maximum atomic E-state index is 12.3. The molecule has 2 heterocycles. The molecule has 0 radical (unpaired) electrons. The number of nitrogen functional groups attached to an aromatic ring is 1. The highest BCUT2D eigenvalue weighted by Gasteiger charge is 2.20. The van der Waals surface area contributed by atoms with E-state index < -0.39 is 0 Å². The molecule has 0 fully saturated rings. The number of amides is 1. The van der Waals surface area contributed by atoms with Gasteiger partial charge in [0, 0.05) is 18.9 Å². The highest BCUT2D eigenvalue weighted by Crippen LogP contribution is 2.15. The van der Waals surface area contributed by atoms with E-state index >= 15 is 0 Å². The third-order valence-electron chi connectivity index (χ3n) is 2.95. The second kappa shape index (κ2) is 5.55. The van der Waals surface area contributed by atoms with Gasteiger partial charge in [0.25, 0.3) is 5.91 Å². The van der Waals surface area contributed by atoms with Crippen LogP contribution in [-0.2, 0) is 6.54 Å². The maximum absolute atomic E-state index is 12.3. The molecule has 7 heteroatoms. The third kappa shape index (κ3) is 2.59. The van der Waals surface area contributed by atoms with Crippen LogP contribution in [0.25, 0.3) is 0 Å². The van der Waals surface area contributed by atoms with Crippen molar-refractivity contribution in [2.75, 3.05) is 5.73 Å². The van der Waals surface area contributed by atoms with E-state index in [1.54, 1.807) is 17.1 Å². The van der Waals surface area contributed by atoms with Gasteiger partial charge in [0.1, 0.15) is 11.5 Å². The average molecular weight is 262 g/mol. The number of nitrogens with zero attached hydrogens (tertiary/aromatic N) is 3. The molecule has 0 aliphatic carbocycles. The summed E-state index contributed by atoms with van der Waals surface area (Å²) in [5.41, 5.74) is 6.56. The number of nitrogens with two attached hydrogens (primary N) is 1. The van der Waals surface area contributed by atoms with Crippen LogP contribution in [0.5, 0.6) is 0 Å². The van der Waals surface area contributed by atoms with Crippen LogP contribution in [0.1, 0.15) is 42.6 Å². The van der Waals surface area contributed by atoms with Gasteiger partial charge in [0.05, 0.1) is 17.9 Å². The van der Waals surface area contributed by atoms with Gasteiger partial charge in [-0.25, -0.2) is 4.98 Å². The number of carbonyl (C=O) groups excluding carboxylic acids is 1. The molecule has 19 heavy (non-hydrogen) atoms. The SMILES string of the molecule is CCC(NC(=O)c1c(N)cnn1CC)c1ncc[nH]1. The van der Waals surface area contributed by atoms with Crippen LogP contribution in [-0.4, -0.2) is 25.7 Å². The van der Waals surface area contributed by atoms with Crippen molar-refractivity contribution in [1.29, 1.82) is 0 Å². The molecule has 0 saturated carbocycles. The Labute approximate surface area is 111 Å². The van der Waals surface area contributed by atoms with Gasteiger partial charge in [0.2, 0.25) is 0 Å². The Morgan fingerprint density at radius 3 is 2.95 bits per heavy atom. The normalized spacial score (nSPS) is 12.3. The number of hydrogen-bond donors (Lipinski definition) is 3. The Balaban J connectivity index is 2.18. The molecule has 2 aromatic heterocycles. The van der Waals surface area contributed by atoms with Gasteiger partial charge in [0.15, 0.2) is 0 Å². The molecule has 0 aliphatic rings. The van der Waals surface area contributed by atoms with E-state index in [-0.39, 0.29) is 11.9 Å². The summed E-state index contributed by atoms with van der Waals surface area (Å²) in [5, 5.41) is 6.97. The predicted octanol–water partition coefficient (Wildman–Crippen LogP) is 1.09. The van der Waals surface area contributed by atoms with E-state index in [0.717, 1.165) is 12.2 Å². The number of aromatic amines is 1. The minimum Gasteiger partial charge on any atom is -0.396 e. The van der Waals surface area contributed by atoms with Gasteiger partial charge < -0.3 is 16.0 Å². The number of anilines is 1. The molecule has 0 aromatic carbocycles. The summed E-state index contributed by atoms with van der Waals surface area (Å²) < 4.78 is 1.58. The highest BCUT2D eigenvalue weighted by molar-refractivity contribution is 5.97. The number of H-pyrrole nitrogens is 1. The van der Waals surface area contributed by atoms with Crippen LogP contribution in [0.15, 0.2) is 18.6 Å². The van der Waals surface area contributed by atoms with Gasteiger partial charge in [-0.05, 0) is 13.3 Å². The molecule has 2 rings (SSSR count). The van der Waals surface area contributed by atoms with Crippen molar-refractivity contribution in [1.82, 2.24) is 25.1 Å². The number of imidazole rings is 1. The zero-order valence-corrected chi connectivity index (χ0v) is 11.1. The van der Waals surface area contributed by atoms with Gasteiger partial charge in [-0.15, -0.1) is 0 Å². The quantitative estimate of drug-likeness (QED) is 0.750. The first-order valence-electron chi connectivity index (χ1n) is 6.28. The average Bonchev–Trinajstić information content (AvgIpc) is 3.04. The van der Waals surface area contributed by atoms with E-state index in [9.17, 15) is 4.79 Å². The van der Waals surface area contributed by atoms with Crippen molar-refractivity contribution >= 4 is 11.6 Å². The molecular weight excluding hydrogens is 244 g/mol. The minimum atomic E-state index is -0.236. The monoisotopic (exact) mass is 262 g/mol. The first-order chi connectivity index (χ1) is 9.17. The van der Waals surface area contributed by atoms with E-state index in [1.165, 1.54) is 6.20 Å². The maximum Gasteiger partial charge on any atom is 0.272 e. The molecule has 0 bridgehead atoms. The zero-order valence-electron chi connectivity index (χ0n) is 11.1. The molecule has 102 valence electrons. The molecule has 1 amide bonds. The second-order valence-electron chi connectivity index (χ2n) is 4.17. The van der Waals surface area contributed by atoms with Gasteiger partial charge >= 0.3 is 0 Å². The second-order valence-corrected chi connectivity index (χ2v) is 4.17. The molecule has 1 unspecified atom stereocenters. The summed E-state index contributed by atoms with van der Waals surface area (Å²) >= 11 is 0. The lowest BCUT2D eigenvalue weighted by molar-refractivity contribution is 0.0924. The van der Waals surface area contributed by atoms with Crippen LogP contribution >= 0.6 is 0 Å². The Hall–Kier alpha value is -2.31. The number of hydrogen-bond acceptors (Lipinski definition) is 4. The predicted molar refractivity (Wildman–Crippen MR) is 71.4 cm³/mol. The van der Waals surface area contributed by atoms with Crippen molar-refractivity contribution in [2.45, 2.75) is 32.9 Å². The highest BCUT2D eigenvalue weighted by atomic mass is 16.2. The van der Waals surface area contributed by atoms with Crippen molar-refractivity contribution < 1.29 is 4.79 Å². The van der Waals surface area contributed by atoms with Crippen molar-refractivity contribution in [3.8, 4) is 0 Å². The van der Waals surface area contributed by atoms with Crippen LogP contribution < -0.4 is 11.1 Å². The molecule has 7 nitrogen and oxygen atoms in total. The first-order valence-corrected chi connectivity index (χ1v) is 6.28. The smallest absolute Gasteiger partial charge is 0.272 e.